The fourth-order valence-electron chi connectivity index (χ4n) is 2.85. The number of non-ortho nitro benzene ring substituents is 1. The van der Waals surface area contributed by atoms with Crippen molar-refractivity contribution in [2.75, 3.05) is 19.6 Å². The maximum absolute atomic E-state index is 12.4. The Bertz CT molecular complexity index is 568. The standard InChI is InChI=1S/C17H23N3O3/c1-2-10-19(17(21)7-6-14-8-9-18-12-14)13-15-4-3-5-16(11-15)20(22)23/h2-5,11,14,18H,1,6-10,12-13H2. The number of nitrogens with one attached hydrogen (secondary N) is 1. The molecule has 23 heavy (non-hydrogen) atoms. The van der Waals surface area contributed by atoms with Crippen molar-refractivity contribution in [1.82, 2.24) is 10.2 Å². The van der Waals surface area contributed by atoms with Crippen molar-refractivity contribution in [1.29, 1.82) is 0 Å². The lowest BCUT2D eigenvalue weighted by molar-refractivity contribution is -0.384. The monoisotopic (exact) mass is 317 g/mol. The summed E-state index contributed by atoms with van der Waals surface area (Å²) < 4.78 is 0. The normalized spacial score (nSPS) is 17.0. The molecule has 0 spiro atoms. The van der Waals surface area contributed by atoms with Gasteiger partial charge in [0.2, 0.25) is 5.91 Å². The van der Waals surface area contributed by atoms with E-state index in [1.54, 1.807) is 23.1 Å². The second kappa shape index (κ2) is 8.43. The van der Waals surface area contributed by atoms with Crippen LogP contribution in [0.5, 0.6) is 0 Å². The Hall–Kier alpha value is -2.21. The molecular weight excluding hydrogens is 294 g/mol. The van der Waals surface area contributed by atoms with Crippen LogP contribution in [0.25, 0.3) is 0 Å². The second-order valence-corrected chi connectivity index (χ2v) is 5.89. The van der Waals surface area contributed by atoms with E-state index >= 15 is 0 Å². The Kier molecular flexibility index (Phi) is 6.29. The lowest BCUT2D eigenvalue weighted by Gasteiger charge is -2.22. The van der Waals surface area contributed by atoms with Gasteiger partial charge in [0.1, 0.15) is 0 Å². The summed E-state index contributed by atoms with van der Waals surface area (Å²) in [6, 6.07) is 6.42. The lowest BCUT2D eigenvalue weighted by atomic mass is 10.0. The average Bonchev–Trinajstić information content (AvgIpc) is 3.06. The molecule has 124 valence electrons. The van der Waals surface area contributed by atoms with E-state index in [9.17, 15) is 14.9 Å². The first-order valence-electron chi connectivity index (χ1n) is 7.93. The summed E-state index contributed by atoms with van der Waals surface area (Å²) in [4.78, 5) is 24.6. The van der Waals surface area contributed by atoms with E-state index < -0.39 is 4.92 Å². The maximum atomic E-state index is 12.4. The summed E-state index contributed by atoms with van der Waals surface area (Å²) >= 11 is 0. The highest BCUT2D eigenvalue weighted by Crippen LogP contribution is 2.18. The fourth-order valence-corrected chi connectivity index (χ4v) is 2.85. The molecule has 1 fully saturated rings. The third kappa shape index (κ3) is 5.17. The summed E-state index contributed by atoms with van der Waals surface area (Å²) in [6.45, 7) is 6.53. The van der Waals surface area contributed by atoms with Gasteiger partial charge in [0.25, 0.3) is 5.69 Å². The molecule has 6 heteroatoms. The van der Waals surface area contributed by atoms with Gasteiger partial charge in [-0.05, 0) is 37.4 Å². The van der Waals surface area contributed by atoms with Crippen LogP contribution in [-0.2, 0) is 11.3 Å². The topological polar surface area (TPSA) is 75.5 Å². The van der Waals surface area contributed by atoms with E-state index in [-0.39, 0.29) is 11.6 Å². The molecule has 0 saturated carbocycles. The number of nitrogens with zero attached hydrogens (tertiary/aromatic N) is 2. The van der Waals surface area contributed by atoms with Gasteiger partial charge in [0.15, 0.2) is 0 Å². The van der Waals surface area contributed by atoms with Crippen molar-refractivity contribution in [2.45, 2.75) is 25.8 Å². The highest BCUT2D eigenvalue weighted by Gasteiger charge is 2.19. The molecule has 6 nitrogen and oxygen atoms in total. The van der Waals surface area contributed by atoms with E-state index in [2.05, 4.69) is 11.9 Å². The van der Waals surface area contributed by atoms with Gasteiger partial charge in [-0.25, -0.2) is 0 Å². The van der Waals surface area contributed by atoms with Gasteiger partial charge in [0.05, 0.1) is 4.92 Å². The SMILES string of the molecule is C=CCN(Cc1cccc([N+](=O)[O-])c1)C(=O)CCC1CCNC1. The molecule has 0 radical (unpaired) electrons. The van der Waals surface area contributed by atoms with E-state index in [4.69, 9.17) is 0 Å². The molecule has 1 unspecified atom stereocenters. The third-order valence-electron chi connectivity index (χ3n) is 4.13. The number of nitro benzene ring substituents is 1. The predicted molar refractivity (Wildman–Crippen MR) is 88.9 cm³/mol. The van der Waals surface area contributed by atoms with Crippen LogP contribution in [0, 0.1) is 16.0 Å². The number of carbonyl (C=O) groups is 1. The summed E-state index contributed by atoms with van der Waals surface area (Å²) in [5.41, 5.74) is 0.808. The van der Waals surface area contributed by atoms with Crippen LogP contribution in [0.4, 0.5) is 5.69 Å². The van der Waals surface area contributed by atoms with E-state index in [0.29, 0.717) is 25.4 Å². The van der Waals surface area contributed by atoms with E-state index in [1.165, 1.54) is 12.1 Å². The quantitative estimate of drug-likeness (QED) is 0.454. The molecule has 1 aliphatic rings. The number of amides is 1. The van der Waals surface area contributed by atoms with Crippen LogP contribution in [0.2, 0.25) is 0 Å². The molecule has 1 aromatic rings. The molecule has 2 rings (SSSR count). The maximum Gasteiger partial charge on any atom is 0.269 e. The number of nitro groups is 1. The molecule has 1 atom stereocenters. The summed E-state index contributed by atoms with van der Waals surface area (Å²) in [7, 11) is 0. The van der Waals surface area contributed by atoms with Crippen molar-refractivity contribution in [3.63, 3.8) is 0 Å². The van der Waals surface area contributed by atoms with Crippen molar-refractivity contribution in [3.8, 4) is 0 Å². The van der Waals surface area contributed by atoms with Crippen LogP contribution in [0.3, 0.4) is 0 Å². The first-order valence-corrected chi connectivity index (χ1v) is 7.93. The molecule has 1 aromatic carbocycles. The molecule has 1 saturated heterocycles. The van der Waals surface area contributed by atoms with Crippen LogP contribution < -0.4 is 5.32 Å². The van der Waals surface area contributed by atoms with Gasteiger partial charge in [-0.3, -0.25) is 14.9 Å². The number of rotatable bonds is 8. The van der Waals surface area contributed by atoms with Crippen LogP contribution >= 0.6 is 0 Å². The Morgan fingerprint density at radius 1 is 1.52 bits per heavy atom. The largest absolute Gasteiger partial charge is 0.335 e. The minimum Gasteiger partial charge on any atom is -0.335 e. The van der Waals surface area contributed by atoms with E-state index in [1.807, 2.05) is 0 Å². The number of carbonyl (C=O) groups excluding carboxylic acids is 1. The lowest BCUT2D eigenvalue weighted by Crippen LogP contribution is -2.31. The van der Waals surface area contributed by atoms with Crippen LogP contribution in [0.15, 0.2) is 36.9 Å². The first-order chi connectivity index (χ1) is 11.1. The van der Waals surface area contributed by atoms with Crippen molar-refractivity contribution < 1.29 is 9.72 Å². The molecule has 0 bridgehead atoms. The zero-order valence-electron chi connectivity index (χ0n) is 13.2. The summed E-state index contributed by atoms with van der Waals surface area (Å²) in [5, 5.41) is 14.2. The van der Waals surface area contributed by atoms with Crippen molar-refractivity contribution >= 4 is 11.6 Å². The smallest absolute Gasteiger partial charge is 0.269 e. The van der Waals surface area contributed by atoms with Gasteiger partial charge in [-0.2, -0.15) is 0 Å². The highest BCUT2D eigenvalue weighted by atomic mass is 16.6. The van der Waals surface area contributed by atoms with Gasteiger partial charge in [-0.1, -0.05) is 18.2 Å². The zero-order chi connectivity index (χ0) is 16.7. The van der Waals surface area contributed by atoms with Gasteiger partial charge in [0, 0.05) is 31.6 Å². The predicted octanol–water partition coefficient (Wildman–Crippen LogP) is 2.50. The average molecular weight is 317 g/mol. The Labute approximate surface area is 136 Å². The Morgan fingerprint density at radius 2 is 2.35 bits per heavy atom. The van der Waals surface area contributed by atoms with E-state index in [0.717, 1.165) is 31.5 Å². The van der Waals surface area contributed by atoms with Crippen LogP contribution in [0.1, 0.15) is 24.8 Å². The first kappa shape index (κ1) is 17.1. The summed E-state index contributed by atoms with van der Waals surface area (Å²) in [5.74, 6) is 0.644. The van der Waals surface area contributed by atoms with Gasteiger partial charge in [-0.15, -0.1) is 6.58 Å². The number of hydrogen-bond donors (Lipinski definition) is 1. The minimum atomic E-state index is -0.420. The zero-order valence-corrected chi connectivity index (χ0v) is 13.2. The van der Waals surface area contributed by atoms with Crippen molar-refractivity contribution in [3.05, 3.63) is 52.6 Å². The second-order valence-electron chi connectivity index (χ2n) is 5.89. The minimum absolute atomic E-state index is 0.0468. The number of hydrogen-bond acceptors (Lipinski definition) is 4. The molecule has 0 aromatic heterocycles. The van der Waals surface area contributed by atoms with Gasteiger partial charge >= 0.3 is 0 Å². The third-order valence-corrected chi connectivity index (χ3v) is 4.13. The highest BCUT2D eigenvalue weighted by molar-refractivity contribution is 5.76. The molecule has 1 aliphatic heterocycles. The summed E-state index contributed by atoms with van der Waals surface area (Å²) in [6.07, 6.45) is 4.20. The van der Waals surface area contributed by atoms with Crippen LogP contribution in [-0.4, -0.2) is 35.4 Å². The Balaban J connectivity index is 1.96. The fraction of sp³-hybridized carbons (Fsp3) is 0.471. The molecule has 1 N–H and O–H groups in total. The molecule has 1 amide bonds. The number of benzene rings is 1. The molecular formula is C17H23N3O3. The Morgan fingerprint density at radius 3 is 3.00 bits per heavy atom. The molecule has 0 aliphatic carbocycles. The molecule has 1 heterocycles. The van der Waals surface area contributed by atoms with Gasteiger partial charge < -0.3 is 10.2 Å². The van der Waals surface area contributed by atoms with Crippen molar-refractivity contribution in [2.24, 2.45) is 5.92 Å².